The molecule has 0 saturated carbocycles. The SMILES string of the molecule is CCCn1cc(-c2ncn(C(C)(C)C)c2N)cn1. The Labute approximate surface area is 108 Å². The first-order chi connectivity index (χ1) is 8.43. The molecule has 0 spiro atoms. The average Bonchev–Trinajstić information content (AvgIpc) is 2.84. The van der Waals surface area contributed by atoms with Crippen LogP contribution in [0.1, 0.15) is 34.1 Å². The van der Waals surface area contributed by atoms with Crippen LogP contribution in [0.4, 0.5) is 5.82 Å². The Hall–Kier alpha value is -1.78. The summed E-state index contributed by atoms with van der Waals surface area (Å²) in [5, 5.41) is 4.31. The fourth-order valence-corrected chi connectivity index (χ4v) is 1.95. The second kappa shape index (κ2) is 4.48. The minimum Gasteiger partial charge on any atom is -0.383 e. The first-order valence-corrected chi connectivity index (χ1v) is 6.29. The topological polar surface area (TPSA) is 61.7 Å². The van der Waals surface area contributed by atoms with Gasteiger partial charge in [-0.3, -0.25) is 4.68 Å². The quantitative estimate of drug-likeness (QED) is 0.906. The molecule has 2 rings (SSSR count). The molecule has 5 nitrogen and oxygen atoms in total. The number of nitrogen functional groups attached to an aromatic ring is 1. The van der Waals surface area contributed by atoms with Gasteiger partial charge < -0.3 is 10.3 Å². The number of anilines is 1. The smallest absolute Gasteiger partial charge is 0.132 e. The zero-order chi connectivity index (χ0) is 13.3. The summed E-state index contributed by atoms with van der Waals surface area (Å²) in [6.07, 6.45) is 6.67. The predicted molar refractivity (Wildman–Crippen MR) is 73.1 cm³/mol. The van der Waals surface area contributed by atoms with Crippen molar-refractivity contribution in [3.05, 3.63) is 18.7 Å². The Morgan fingerprint density at radius 3 is 2.61 bits per heavy atom. The first-order valence-electron chi connectivity index (χ1n) is 6.29. The van der Waals surface area contributed by atoms with Crippen molar-refractivity contribution in [3.63, 3.8) is 0 Å². The Morgan fingerprint density at radius 1 is 1.33 bits per heavy atom. The van der Waals surface area contributed by atoms with E-state index in [9.17, 15) is 0 Å². The summed E-state index contributed by atoms with van der Waals surface area (Å²) < 4.78 is 3.91. The van der Waals surface area contributed by atoms with E-state index < -0.39 is 0 Å². The summed E-state index contributed by atoms with van der Waals surface area (Å²) in [5.74, 6) is 0.693. The van der Waals surface area contributed by atoms with Gasteiger partial charge in [0.1, 0.15) is 11.5 Å². The molecular weight excluding hydrogens is 226 g/mol. The zero-order valence-corrected chi connectivity index (χ0v) is 11.5. The van der Waals surface area contributed by atoms with E-state index in [4.69, 9.17) is 5.73 Å². The fourth-order valence-electron chi connectivity index (χ4n) is 1.95. The molecule has 0 bridgehead atoms. The highest BCUT2D eigenvalue weighted by Gasteiger charge is 2.19. The molecule has 2 N–H and O–H groups in total. The lowest BCUT2D eigenvalue weighted by Gasteiger charge is -2.22. The van der Waals surface area contributed by atoms with Crippen LogP contribution in [0.3, 0.4) is 0 Å². The normalized spacial score (nSPS) is 12.0. The van der Waals surface area contributed by atoms with Crippen molar-refractivity contribution >= 4 is 5.82 Å². The number of aromatic nitrogens is 4. The van der Waals surface area contributed by atoms with E-state index in [1.807, 2.05) is 21.6 Å². The van der Waals surface area contributed by atoms with E-state index in [-0.39, 0.29) is 5.54 Å². The molecule has 0 radical (unpaired) electrons. The fraction of sp³-hybridized carbons (Fsp3) is 0.538. The van der Waals surface area contributed by atoms with Gasteiger partial charge >= 0.3 is 0 Å². The molecule has 0 amide bonds. The molecule has 2 heterocycles. The molecule has 18 heavy (non-hydrogen) atoms. The molecule has 2 aromatic heterocycles. The monoisotopic (exact) mass is 247 g/mol. The van der Waals surface area contributed by atoms with Crippen LogP contribution in [0, 0.1) is 0 Å². The van der Waals surface area contributed by atoms with Gasteiger partial charge in [0, 0.05) is 23.8 Å². The van der Waals surface area contributed by atoms with Gasteiger partial charge in [0.05, 0.1) is 12.5 Å². The first kappa shape index (κ1) is 12.7. The molecule has 0 aliphatic carbocycles. The molecular formula is C13H21N5. The van der Waals surface area contributed by atoms with Crippen LogP contribution in [0.15, 0.2) is 18.7 Å². The molecule has 2 aromatic rings. The molecule has 5 heteroatoms. The third-order valence-corrected chi connectivity index (χ3v) is 2.89. The number of imidazole rings is 1. The minimum atomic E-state index is -0.0608. The highest BCUT2D eigenvalue weighted by atomic mass is 15.3. The maximum atomic E-state index is 6.17. The lowest BCUT2D eigenvalue weighted by molar-refractivity contribution is 0.402. The van der Waals surface area contributed by atoms with Crippen molar-refractivity contribution in [2.24, 2.45) is 0 Å². The van der Waals surface area contributed by atoms with Crippen molar-refractivity contribution in [2.75, 3.05) is 5.73 Å². The summed E-state index contributed by atoms with van der Waals surface area (Å²) >= 11 is 0. The highest BCUT2D eigenvalue weighted by Crippen LogP contribution is 2.28. The number of rotatable bonds is 3. The lowest BCUT2D eigenvalue weighted by Crippen LogP contribution is -2.22. The van der Waals surface area contributed by atoms with Crippen molar-refractivity contribution in [1.82, 2.24) is 19.3 Å². The Bertz CT molecular complexity index is 530. The van der Waals surface area contributed by atoms with Gasteiger partial charge in [0.2, 0.25) is 0 Å². The van der Waals surface area contributed by atoms with E-state index in [1.54, 1.807) is 6.33 Å². The number of nitrogens with zero attached hydrogens (tertiary/aromatic N) is 4. The third kappa shape index (κ3) is 2.25. The molecule has 0 atom stereocenters. The maximum absolute atomic E-state index is 6.17. The second-order valence-electron chi connectivity index (χ2n) is 5.51. The third-order valence-electron chi connectivity index (χ3n) is 2.89. The van der Waals surface area contributed by atoms with E-state index >= 15 is 0 Å². The summed E-state index contributed by atoms with van der Waals surface area (Å²) in [6, 6.07) is 0. The van der Waals surface area contributed by atoms with E-state index in [0.717, 1.165) is 24.2 Å². The van der Waals surface area contributed by atoms with Gasteiger partial charge in [0.15, 0.2) is 0 Å². The van der Waals surface area contributed by atoms with Gasteiger partial charge in [-0.2, -0.15) is 5.10 Å². The van der Waals surface area contributed by atoms with Gasteiger partial charge in [-0.15, -0.1) is 0 Å². The molecule has 0 saturated heterocycles. The molecule has 0 aromatic carbocycles. The van der Waals surface area contributed by atoms with E-state index in [2.05, 4.69) is 37.8 Å². The summed E-state index contributed by atoms with van der Waals surface area (Å²) in [6.45, 7) is 9.36. The van der Waals surface area contributed by atoms with Crippen LogP contribution in [0.25, 0.3) is 11.3 Å². The van der Waals surface area contributed by atoms with Crippen LogP contribution in [0.5, 0.6) is 0 Å². The number of nitrogens with two attached hydrogens (primary N) is 1. The Balaban J connectivity index is 2.36. The molecule has 98 valence electrons. The molecule has 0 fully saturated rings. The molecule has 0 unspecified atom stereocenters. The standard InChI is InChI=1S/C13H21N5/c1-5-6-17-8-10(7-16-17)11-12(14)18(9-15-11)13(2,3)4/h7-9H,5-6,14H2,1-4H3. The minimum absolute atomic E-state index is 0.0608. The van der Waals surface area contributed by atoms with Crippen molar-refractivity contribution in [2.45, 2.75) is 46.2 Å². The zero-order valence-electron chi connectivity index (χ0n) is 11.5. The highest BCUT2D eigenvalue weighted by molar-refractivity contribution is 5.69. The number of hydrogen-bond donors (Lipinski definition) is 1. The molecule has 0 aliphatic rings. The van der Waals surface area contributed by atoms with Crippen molar-refractivity contribution in [1.29, 1.82) is 0 Å². The summed E-state index contributed by atoms with van der Waals surface area (Å²) in [4.78, 5) is 4.41. The molecule has 0 aliphatic heterocycles. The van der Waals surface area contributed by atoms with Crippen LogP contribution < -0.4 is 5.73 Å². The van der Waals surface area contributed by atoms with Crippen LogP contribution >= 0.6 is 0 Å². The van der Waals surface area contributed by atoms with Crippen LogP contribution in [0.2, 0.25) is 0 Å². The lowest BCUT2D eigenvalue weighted by atomic mass is 10.1. The predicted octanol–water partition coefficient (Wildman–Crippen LogP) is 2.49. The largest absolute Gasteiger partial charge is 0.383 e. The van der Waals surface area contributed by atoms with Crippen LogP contribution in [-0.4, -0.2) is 19.3 Å². The Morgan fingerprint density at radius 2 is 2.06 bits per heavy atom. The van der Waals surface area contributed by atoms with Crippen molar-refractivity contribution < 1.29 is 0 Å². The Kier molecular flexibility index (Phi) is 3.15. The summed E-state index contributed by atoms with van der Waals surface area (Å²) in [7, 11) is 0. The number of aryl methyl sites for hydroxylation is 1. The van der Waals surface area contributed by atoms with Gasteiger partial charge in [-0.05, 0) is 27.2 Å². The van der Waals surface area contributed by atoms with Crippen molar-refractivity contribution in [3.8, 4) is 11.3 Å². The van der Waals surface area contributed by atoms with Crippen LogP contribution in [-0.2, 0) is 12.1 Å². The van der Waals surface area contributed by atoms with Gasteiger partial charge in [-0.25, -0.2) is 4.98 Å². The summed E-state index contributed by atoms with van der Waals surface area (Å²) in [5.41, 5.74) is 7.90. The van der Waals surface area contributed by atoms with E-state index in [0.29, 0.717) is 5.82 Å². The van der Waals surface area contributed by atoms with Gasteiger partial charge in [0.25, 0.3) is 0 Å². The average molecular weight is 247 g/mol. The van der Waals surface area contributed by atoms with E-state index in [1.165, 1.54) is 0 Å². The second-order valence-corrected chi connectivity index (χ2v) is 5.51. The number of hydrogen-bond acceptors (Lipinski definition) is 3. The maximum Gasteiger partial charge on any atom is 0.132 e. The van der Waals surface area contributed by atoms with Gasteiger partial charge in [-0.1, -0.05) is 6.92 Å².